The third-order valence-corrected chi connectivity index (χ3v) is 12.3. The van der Waals surface area contributed by atoms with E-state index in [2.05, 4.69) is 182 Å². The summed E-state index contributed by atoms with van der Waals surface area (Å²) in [5.41, 5.74) is 23.5. The largest absolute Gasteiger partial charge is 0.0725 e. The van der Waals surface area contributed by atoms with Gasteiger partial charge in [0, 0.05) is 0 Å². The Balaban J connectivity index is 1.13. The molecule has 0 fully saturated rings. The molecule has 0 unspecified atom stereocenters. The second kappa shape index (κ2) is 9.26. The summed E-state index contributed by atoms with van der Waals surface area (Å²) in [4.78, 5) is 0. The summed E-state index contributed by atoms with van der Waals surface area (Å²) >= 11 is 0. The zero-order valence-electron chi connectivity index (χ0n) is 27.3. The molecule has 8 aromatic rings. The topological polar surface area (TPSA) is 0 Å². The second-order valence-corrected chi connectivity index (χ2v) is 14.3. The molecule has 0 bridgehead atoms. The molecule has 0 saturated heterocycles. The Labute approximate surface area is 292 Å². The van der Waals surface area contributed by atoms with Crippen molar-refractivity contribution in [3.63, 3.8) is 0 Å². The molecule has 0 saturated carbocycles. The van der Waals surface area contributed by atoms with Crippen LogP contribution in [0.3, 0.4) is 0 Å². The lowest BCUT2D eigenvalue weighted by Crippen LogP contribution is -2.26. The van der Waals surface area contributed by atoms with E-state index < -0.39 is 0 Å². The van der Waals surface area contributed by atoms with Crippen molar-refractivity contribution < 1.29 is 0 Å². The van der Waals surface area contributed by atoms with Gasteiger partial charge >= 0.3 is 0 Å². The maximum Gasteiger partial charge on any atom is 0.0725 e. The first kappa shape index (κ1) is 26.7. The summed E-state index contributed by atoms with van der Waals surface area (Å²) < 4.78 is 0. The number of hydrogen-bond donors (Lipinski definition) is 0. The summed E-state index contributed by atoms with van der Waals surface area (Å²) in [5, 5.41) is 0. The minimum absolute atomic E-state index is 0.355. The van der Waals surface area contributed by atoms with E-state index in [1.54, 1.807) is 0 Å². The molecule has 0 aliphatic heterocycles. The van der Waals surface area contributed by atoms with Crippen LogP contribution in [-0.4, -0.2) is 0 Å². The zero-order valence-corrected chi connectivity index (χ0v) is 27.3. The molecule has 0 amide bonds. The van der Waals surface area contributed by atoms with Crippen LogP contribution < -0.4 is 0 Å². The fraction of sp³-hybridized carbons (Fsp3) is 0.0400. The van der Waals surface area contributed by atoms with Crippen LogP contribution in [0.1, 0.15) is 44.5 Å². The smallest absolute Gasteiger partial charge is 0.0619 e. The SMILES string of the molecule is c1ccc2c(c1)-c1ccccc1C21c2ccccc2-c2ccc(-c3ccc4c(c3)C3(c5ccccc5-c5ccccc53)c3ccccc3-4)cc21. The van der Waals surface area contributed by atoms with Gasteiger partial charge in [0.2, 0.25) is 0 Å². The Morgan fingerprint density at radius 1 is 0.200 bits per heavy atom. The molecule has 0 heteroatoms. The van der Waals surface area contributed by atoms with Crippen molar-refractivity contribution in [2.24, 2.45) is 0 Å². The highest BCUT2D eigenvalue weighted by molar-refractivity contribution is 5.98. The van der Waals surface area contributed by atoms with Gasteiger partial charge in [0.05, 0.1) is 10.8 Å². The zero-order chi connectivity index (χ0) is 32.6. The van der Waals surface area contributed by atoms with E-state index in [9.17, 15) is 0 Å². The fourth-order valence-electron chi connectivity index (χ4n) is 10.5. The minimum Gasteiger partial charge on any atom is -0.0619 e. The monoisotopic (exact) mass is 630 g/mol. The molecule has 8 aromatic carbocycles. The molecule has 0 N–H and O–H groups in total. The Kier molecular flexibility index (Phi) is 4.94. The van der Waals surface area contributed by atoms with Gasteiger partial charge in [0.25, 0.3) is 0 Å². The van der Waals surface area contributed by atoms with Crippen LogP contribution in [0.5, 0.6) is 0 Å². The van der Waals surface area contributed by atoms with E-state index in [4.69, 9.17) is 0 Å². The van der Waals surface area contributed by atoms with E-state index in [0.717, 1.165) is 0 Å². The Bertz CT molecular complexity index is 2460. The quantitative estimate of drug-likeness (QED) is 0.169. The molecule has 4 aliphatic carbocycles. The van der Waals surface area contributed by atoms with Gasteiger partial charge in [-0.1, -0.05) is 170 Å². The van der Waals surface area contributed by atoms with Crippen LogP contribution in [0.2, 0.25) is 0 Å². The van der Waals surface area contributed by atoms with Gasteiger partial charge < -0.3 is 0 Å². The molecule has 0 radical (unpaired) electrons. The van der Waals surface area contributed by atoms with Gasteiger partial charge in [-0.25, -0.2) is 0 Å². The van der Waals surface area contributed by atoms with Crippen molar-refractivity contribution in [1.29, 1.82) is 0 Å². The maximum absolute atomic E-state index is 2.52. The molecule has 50 heavy (non-hydrogen) atoms. The van der Waals surface area contributed by atoms with E-state index >= 15 is 0 Å². The Morgan fingerprint density at radius 2 is 0.420 bits per heavy atom. The minimum atomic E-state index is -0.355. The van der Waals surface area contributed by atoms with Crippen LogP contribution >= 0.6 is 0 Å². The van der Waals surface area contributed by atoms with Crippen LogP contribution in [-0.2, 0) is 10.8 Å². The normalized spacial score (nSPS) is 15.1. The lowest BCUT2D eigenvalue weighted by atomic mass is 9.69. The van der Waals surface area contributed by atoms with Crippen LogP contribution in [0.15, 0.2) is 182 Å². The van der Waals surface area contributed by atoms with Gasteiger partial charge in [0.1, 0.15) is 0 Å². The highest BCUT2D eigenvalue weighted by Crippen LogP contribution is 2.65. The van der Waals surface area contributed by atoms with E-state index in [1.807, 2.05) is 0 Å². The lowest BCUT2D eigenvalue weighted by molar-refractivity contribution is 0.792. The van der Waals surface area contributed by atoms with Gasteiger partial charge in [-0.2, -0.15) is 0 Å². The fourth-order valence-corrected chi connectivity index (χ4v) is 10.5. The lowest BCUT2D eigenvalue weighted by Gasteiger charge is -2.31. The molecular weight excluding hydrogens is 601 g/mol. The van der Waals surface area contributed by atoms with Crippen LogP contribution in [0.25, 0.3) is 55.6 Å². The maximum atomic E-state index is 2.52. The average molecular weight is 631 g/mol. The second-order valence-electron chi connectivity index (χ2n) is 14.3. The summed E-state index contributed by atoms with van der Waals surface area (Å²) in [5.74, 6) is 0. The summed E-state index contributed by atoms with van der Waals surface area (Å²) in [6.45, 7) is 0. The molecule has 0 nitrogen and oxygen atoms in total. The third kappa shape index (κ3) is 2.93. The Hall–Kier alpha value is -6.24. The van der Waals surface area contributed by atoms with Crippen molar-refractivity contribution >= 4 is 0 Å². The molecule has 0 aromatic heterocycles. The molecule has 0 atom stereocenters. The van der Waals surface area contributed by atoms with E-state index in [1.165, 1.54) is 100 Å². The van der Waals surface area contributed by atoms with Gasteiger partial charge in [-0.3, -0.25) is 0 Å². The number of hydrogen-bond acceptors (Lipinski definition) is 0. The summed E-state index contributed by atoms with van der Waals surface area (Å²) in [7, 11) is 0. The van der Waals surface area contributed by atoms with Gasteiger partial charge in [0.15, 0.2) is 0 Å². The van der Waals surface area contributed by atoms with Crippen molar-refractivity contribution in [2.45, 2.75) is 10.8 Å². The van der Waals surface area contributed by atoms with Crippen molar-refractivity contribution in [3.8, 4) is 55.6 Å². The van der Waals surface area contributed by atoms with Crippen molar-refractivity contribution in [2.75, 3.05) is 0 Å². The molecule has 2 spiro atoms. The summed E-state index contributed by atoms with van der Waals surface area (Å²) in [6.07, 6.45) is 0. The molecule has 4 aliphatic rings. The van der Waals surface area contributed by atoms with Crippen molar-refractivity contribution in [1.82, 2.24) is 0 Å². The third-order valence-electron chi connectivity index (χ3n) is 12.3. The number of benzene rings is 8. The molecule has 230 valence electrons. The van der Waals surface area contributed by atoms with E-state index in [0.29, 0.717) is 0 Å². The van der Waals surface area contributed by atoms with Crippen LogP contribution in [0.4, 0.5) is 0 Å². The van der Waals surface area contributed by atoms with Gasteiger partial charge in [-0.05, 0) is 112 Å². The molecular formula is C50H30. The van der Waals surface area contributed by atoms with Crippen LogP contribution in [0, 0.1) is 0 Å². The number of fused-ring (bicyclic) bond motifs is 20. The Morgan fingerprint density at radius 3 is 0.680 bits per heavy atom. The first-order valence-corrected chi connectivity index (χ1v) is 17.7. The van der Waals surface area contributed by atoms with Gasteiger partial charge in [-0.15, -0.1) is 0 Å². The molecule has 12 rings (SSSR count). The predicted octanol–water partition coefficient (Wildman–Crippen LogP) is 12.0. The first-order chi connectivity index (χ1) is 24.8. The highest BCUT2D eigenvalue weighted by Gasteiger charge is 2.53. The molecule has 0 heterocycles. The standard InChI is InChI=1S/C50H30/c1-7-19-41-33(13-1)34-14-2-8-20-42(34)49(41)45-23-11-5-17-37(45)39-27-25-31(29-47(39)49)32-26-28-40-38-18-6-12-24-46(38)50(48(40)30-32)43-21-9-3-15-35(43)36-16-4-10-22-44(36)50/h1-30H. The highest BCUT2D eigenvalue weighted by atomic mass is 14.5. The van der Waals surface area contributed by atoms with E-state index in [-0.39, 0.29) is 10.8 Å². The predicted molar refractivity (Wildman–Crippen MR) is 204 cm³/mol. The van der Waals surface area contributed by atoms with Crippen molar-refractivity contribution in [3.05, 3.63) is 226 Å². The number of rotatable bonds is 1. The summed E-state index contributed by atoms with van der Waals surface area (Å²) in [6, 6.07) is 69.0. The average Bonchev–Trinajstić information content (AvgIpc) is 3.86. The first-order valence-electron chi connectivity index (χ1n) is 17.7.